The molecule has 1 atom stereocenters. The summed E-state index contributed by atoms with van der Waals surface area (Å²) < 4.78 is 1.66. The molecule has 0 saturated carbocycles. The minimum atomic E-state index is -0.472. The van der Waals surface area contributed by atoms with E-state index in [4.69, 9.17) is 11.6 Å². The summed E-state index contributed by atoms with van der Waals surface area (Å²) >= 11 is 6.09. The number of nitrogens with one attached hydrogen (secondary N) is 2. The molecule has 2 N–H and O–H groups in total. The number of aromatic nitrogens is 2. The number of hydrogen-bond donors (Lipinski definition) is 2. The minimum Gasteiger partial charge on any atom is -0.323 e. The van der Waals surface area contributed by atoms with Crippen LogP contribution in [0.5, 0.6) is 0 Å². The second kappa shape index (κ2) is 6.07. The van der Waals surface area contributed by atoms with Gasteiger partial charge in [0.15, 0.2) is 0 Å². The molecule has 1 unspecified atom stereocenters. The predicted octanol–water partition coefficient (Wildman–Crippen LogP) is 2.28. The number of likely N-dealkylation sites (N-methyl/N-ethyl adjacent to an activating group) is 1. The zero-order valence-corrected chi connectivity index (χ0v) is 12.4. The normalized spacial score (nSPS) is 12.2. The second-order valence-electron chi connectivity index (χ2n) is 4.64. The van der Waals surface area contributed by atoms with Crippen LogP contribution in [0.2, 0.25) is 5.02 Å². The van der Waals surface area contributed by atoms with Crippen molar-refractivity contribution in [1.29, 1.82) is 0 Å². The van der Waals surface area contributed by atoms with Crippen LogP contribution >= 0.6 is 11.6 Å². The zero-order valence-electron chi connectivity index (χ0n) is 11.6. The van der Waals surface area contributed by atoms with Crippen molar-refractivity contribution in [3.63, 3.8) is 0 Å². The van der Waals surface area contributed by atoms with E-state index in [1.165, 1.54) is 0 Å². The van der Waals surface area contributed by atoms with Crippen molar-refractivity contribution >= 4 is 23.2 Å². The Balaban J connectivity index is 2.19. The van der Waals surface area contributed by atoms with Gasteiger partial charge in [-0.15, -0.1) is 0 Å². The average molecular weight is 293 g/mol. The molecule has 1 amide bonds. The molecule has 0 aliphatic rings. The Hall–Kier alpha value is -1.85. The fourth-order valence-electron chi connectivity index (χ4n) is 1.98. The summed E-state index contributed by atoms with van der Waals surface area (Å²) in [6.45, 7) is 1.95. The number of rotatable bonds is 4. The van der Waals surface area contributed by atoms with E-state index in [1.807, 2.05) is 26.1 Å². The molecular weight excluding hydrogens is 276 g/mol. The lowest BCUT2D eigenvalue weighted by Crippen LogP contribution is -2.30. The predicted molar refractivity (Wildman–Crippen MR) is 79.8 cm³/mol. The molecule has 2 aromatic rings. The van der Waals surface area contributed by atoms with Crippen LogP contribution in [0.4, 0.5) is 5.69 Å². The molecule has 2 rings (SSSR count). The van der Waals surface area contributed by atoms with Crippen molar-refractivity contribution in [3.8, 4) is 0 Å². The third-order valence-corrected chi connectivity index (χ3v) is 3.32. The lowest BCUT2D eigenvalue weighted by molar-refractivity contribution is -0.118. The zero-order chi connectivity index (χ0) is 14.7. The first kappa shape index (κ1) is 14.6. The first-order valence-corrected chi connectivity index (χ1v) is 6.62. The molecule has 0 aliphatic heterocycles. The molecule has 106 valence electrons. The van der Waals surface area contributed by atoms with Gasteiger partial charge in [-0.2, -0.15) is 5.10 Å². The first-order chi connectivity index (χ1) is 9.51. The Bertz CT molecular complexity index is 623. The smallest absolute Gasteiger partial charge is 0.246 e. The number of benzene rings is 1. The topological polar surface area (TPSA) is 59.0 Å². The van der Waals surface area contributed by atoms with E-state index < -0.39 is 6.04 Å². The third-order valence-electron chi connectivity index (χ3n) is 2.99. The Morgan fingerprint density at radius 1 is 1.45 bits per heavy atom. The van der Waals surface area contributed by atoms with Crippen LogP contribution in [-0.2, 0) is 11.8 Å². The third kappa shape index (κ3) is 3.18. The van der Waals surface area contributed by atoms with Crippen LogP contribution in [0.25, 0.3) is 0 Å². The van der Waals surface area contributed by atoms with Gasteiger partial charge in [0.1, 0.15) is 6.04 Å². The summed E-state index contributed by atoms with van der Waals surface area (Å²) in [6.07, 6.45) is 3.47. The highest BCUT2D eigenvalue weighted by atomic mass is 35.5. The average Bonchev–Trinajstić information content (AvgIpc) is 2.81. The molecule has 0 fully saturated rings. The molecule has 1 aromatic heterocycles. The standard InChI is InChI=1S/C14H17ClN4O/c1-9-4-5-11(15)12(6-9)18-14(20)13(16-2)10-7-17-19(3)8-10/h4-8,13,16H,1-3H3,(H,18,20). The van der Waals surface area contributed by atoms with Gasteiger partial charge in [0.05, 0.1) is 16.9 Å². The Morgan fingerprint density at radius 2 is 2.20 bits per heavy atom. The van der Waals surface area contributed by atoms with Gasteiger partial charge in [0.25, 0.3) is 0 Å². The van der Waals surface area contributed by atoms with E-state index in [0.29, 0.717) is 10.7 Å². The summed E-state index contributed by atoms with van der Waals surface area (Å²) in [5.41, 5.74) is 2.45. The molecule has 0 radical (unpaired) electrons. The lowest BCUT2D eigenvalue weighted by Gasteiger charge is -2.15. The summed E-state index contributed by atoms with van der Waals surface area (Å²) in [7, 11) is 3.54. The minimum absolute atomic E-state index is 0.173. The molecule has 0 saturated heterocycles. The van der Waals surface area contributed by atoms with E-state index in [9.17, 15) is 4.79 Å². The van der Waals surface area contributed by atoms with E-state index in [-0.39, 0.29) is 5.91 Å². The van der Waals surface area contributed by atoms with Gasteiger partial charge in [0.2, 0.25) is 5.91 Å². The van der Waals surface area contributed by atoms with Crippen LogP contribution in [0.1, 0.15) is 17.2 Å². The van der Waals surface area contributed by atoms with Crippen LogP contribution in [0.15, 0.2) is 30.6 Å². The largest absolute Gasteiger partial charge is 0.323 e. The molecule has 1 heterocycles. The van der Waals surface area contributed by atoms with Gasteiger partial charge < -0.3 is 10.6 Å². The van der Waals surface area contributed by atoms with Crippen molar-refractivity contribution in [2.75, 3.05) is 12.4 Å². The molecule has 0 spiro atoms. The highest BCUT2D eigenvalue weighted by Gasteiger charge is 2.20. The van der Waals surface area contributed by atoms with Gasteiger partial charge in [-0.05, 0) is 31.7 Å². The summed E-state index contributed by atoms with van der Waals surface area (Å²) in [5.74, 6) is -0.173. The number of halogens is 1. The number of nitrogens with zero attached hydrogens (tertiary/aromatic N) is 2. The van der Waals surface area contributed by atoms with Crippen molar-refractivity contribution in [3.05, 3.63) is 46.7 Å². The van der Waals surface area contributed by atoms with Gasteiger partial charge in [-0.1, -0.05) is 17.7 Å². The highest BCUT2D eigenvalue weighted by molar-refractivity contribution is 6.33. The maximum absolute atomic E-state index is 12.3. The fourth-order valence-corrected chi connectivity index (χ4v) is 2.14. The summed E-state index contributed by atoms with van der Waals surface area (Å²) in [6, 6.07) is 5.04. The quantitative estimate of drug-likeness (QED) is 0.909. The van der Waals surface area contributed by atoms with Crippen molar-refractivity contribution in [2.24, 2.45) is 7.05 Å². The lowest BCUT2D eigenvalue weighted by atomic mass is 10.1. The Kier molecular flexibility index (Phi) is 4.42. The van der Waals surface area contributed by atoms with Crippen LogP contribution in [0.3, 0.4) is 0 Å². The Morgan fingerprint density at radius 3 is 2.80 bits per heavy atom. The number of hydrogen-bond acceptors (Lipinski definition) is 3. The molecule has 5 nitrogen and oxygen atoms in total. The monoisotopic (exact) mass is 292 g/mol. The SMILES string of the molecule is CNC(C(=O)Nc1cc(C)ccc1Cl)c1cnn(C)c1. The van der Waals surface area contributed by atoms with Gasteiger partial charge in [0, 0.05) is 18.8 Å². The summed E-state index contributed by atoms with van der Waals surface area (Å²) in [4.78, 5) is 12.3. The molecule has 6 heteroatoms. The molecule has 20 heavy (non-hydrogen) atoms. The number of carbonyl (C=O) groups is 1. The second-order valence-corrected chi connectivity index (χ2v) is 5.05. The van der Waals surface area contributed by atoms with Crippen molar-refractivity contribution in [1.82, 2.24) is 15.1 Å². The maximum atomic E-state index is 12.3. The molecular formula is C14H17ClN4O. The highest BCUT2D eigenvalue weighted by Crippen LogP contribution is 2.24. The van der Waals surface area contributed by atoms with E-state index in [1.54, 1.807) is 30.2 Å². The molecule has 0 aliphatic carbocycles. The number of carbonyl (C=O) groups excluding carboxylic acids is 1. The van der Waals surface area contributed by atoms with Crippen LogP contribution in [0, 0.1) is 6.92 Å². The fraction of sp³-hybridized carbons (Fsp3) is 0.286. The number of aryl methyl sites for hydroxylation is 2. The summed E-state index contributed by atoms with van der Waals surface area (Å²) in [5, 5.41) is 10.4. The van der Waals surface area contributed by atoms with Gasteiger partial charge in [-0.3, -0.25) is 9.48 Å². The van der Waals surface area contributed by atoms with Gasteiger partial charge >= 0.3 is 0 Å². The molecule has 1 aromatic carbocycles. The van der Waals surface area contributed by atoms with Crippen molar-refractivity contribution < 1.29 is 4.79 Å². The van der Waals surface area contributed by atoms with Crippen molar-refractivity contribution in [2.45, 2.75) is 13.0 Å². The maximum Gasteiger partial charge on any atom is 0.246 e. The van der Waals surface area contributed by atoms with Gasteiger partial charge in [-0.25, -0.2) is 0 Å². The molecule has 0 bridgehead atoms. The first-order valence-electron chi connectivity index (χ1n) is 6.24. The van der Waals surface area contributed by atoms with Crippen LogP contribution in [-0.4, -0.2) is 22.7 Å². The number of anilines is 1. The van der Waals surface area contributed by atoms with E-state index in [0.717, 1.165) is 11.1 Å². The van der Waals surface area contributed by atoms with E-state index >= 15 is 0 Å². The number of amides is 1. The van der Waals surface area contributed by atoms with Crippen LogP contribution < -0.4 is 10.6 Å². The van der Waals surface area contributed by atoms with E-state index in [2.05, 4.69) is 15.7 Å². The Labute approximate surface area is 122 Å².